The molecule has 0 spiro atoms. The molecule has 0 aliphatic heterocycles. The molecule has 0 bridgehead atoms. The van der Waals surface area contributed by atoms with Crippen LogP contribution in [0.4, 0.5) is 11.4 Å². The first-order valence-corrected chi connectivity index (χ1v) is 12.6. The second-order valence-corrected chi connectivity index (χ2v) is 9.56. The molecule has 2 aromatic carbocycles. The Labute approximate surface area is 194 Å². The van der Waals surface area contributed by atoms with Gasteiger partial charge in [-0.1, -0.05) is 45.4 Å². The van der Waals surface area contributed by atoms with Gasteiger partial charge in [0.15, 0.2) is 0 Å². The number of unbranched alkanes of at least 4 members (excludes halogenated alkanes) is 1. The van der Waals surface area contributed by atoms with Crippen molar-refractivity contribution in [1.82, 2.24) is 9.29 Å². The number of anilines is 2. The number of pyridine rings is 1. The lowest BCUT2D eigenvalue weighted by Crippen LogP contribution is -2.30. The van der Waals surface area contributed by atoms with Crippen LogP contribution in [0, 0.1) is 0 Å². The maximum absolute atomic E-state index is 13.2. The average Bonchev–Trinajstić information content (AvgIpc) is 2.80. The van der Waals surface area contributed by atoms with Gasteiger partial charge in [0.2, 0.25) is 15.6 Å². The Morgan fingerprint density at radius 2 is 1.73 bits per heavy atom. The van der Waals surface area contributed by atoms with Crippen LogP contribution in [0.25, 0.3) is 10.9 Å². The molecule has 0 aliphatic rings. The van der Waals surface area contributed by atoms with Crippen molar-refractivity contribution in [3.05, 3.63) is 64.4 Å². The summed E-state index contributed by atoms with van der Waals surface area (Å²) in [5.74, 6) is -0.492. The summed E-state index contributed by atoms with van der Waals surface area (Å²) in [6.45, 7) is 6.99. The number of amides is 1. The number of hydrogen-bond acceptors (Lipinski definition) is 5. The van der Waals surface area contributed by atoms with E-state index in [9.17, 15) is 18.0 Å². The normalized spacial score (nSPS) is 11.6. The fourth-order valence-electron chi connectivity index (χ4n) is 3.64. The minimum Gasteiger partial charge on any atom is -0.383 e. The summed E-state index contributed by atoms with van der Waals surface area (Å²) in [5.41, 5.74) is 1.33. The van der Waals surface area contributed by atoms with Crippen molar-refractivity contribution in [2.24, 2.45) is 0 Å². The summed E-state index contributed by atoms with van der Waals surface area (Å²) in [6, 6.07) is 13.0. The molecule has 1 amide bonds. The highest BCUT2D eigenvalue weighted by atomic mass is 32.2. The van der Waals surface area contributed by atoms with E-state index in [1.165, 1.54) is 16.4 Å². The first-order valence-electron chi connectivity index (χ1n) is 11.1. The molecule has 0 unspecified atom stereocenters. The van der Waals surface area contributed by atoms with Crippen LogP contribution in [0.5, 0.6) is 0 Å². The lowest BCUT2D eigenvalue weighted by atomic mass is 10.1. The number of rotatable bonds is 10. The van der Waals surface area contributed by atoms with Gasteiger partial charge in [0.25, 0.3) is 5.91 Å². The molecule has 1 heterocycles. The van der Waals surface area contributed by atoms with Crippen molar-refractivity contribution in [3.63, 3.8) is 0 Å². The lowest BCUT2D eigenvalue weighted by Gasteiger charge is -2.20. The summed E-state index contributed by atoms with van der Waals surface area (Å²) < 4.78 is 27.4. The number of carbonyl (C=O) groups is 1. The lowest BCUT2D eigenvalue weighted by molar-refractivity contribution is 0.102. The van der Waals surface area contributed by atoms with Gasteiger partial charge in [-0.3, -0.25) is 9.59 Å². The molecule has 176 valence electrons. The molecule has 3 aromatic rings. The van der Waals surface area contributed by atoms with E-state index in [1.54, 1.807) is 50.2 Å². The number of H-pyrrole nitrogens is 1. The van der Waals surface area contributed by atoms with E-state index >= 15 is 0 Å². The number of nitrogens with zero attached hydrogens (tertiary/aromatic N) is 1. The molecule has 0 aliphatic carbocycles. The second kappa shape index (κ2) is 10.6. The van der Waals surface area contributed by atoms with Crippen molar-refractivity contribution in [2.45, 2.75) is 38.5 Å². The van der Waals surface area contributed by atoms with Crippen LogP contribution in [0.1, 0.15) is 44.0 Å². The molecule has 3 N–H and O–H groups in total. The Morgan fingerprint density at radius 3 is 2.42 bits per heavy atom. The summed E-state index contributed by atoms with van der Waals surface area (Å²) >= 11 is 0. The topological polar surface area (TPSA) is 111 Å². The molecule has 33 heavy (non-hydrogen) atoms. The predicted octanol–water partition coefficient (Wildman–Crippen LogP) is 4.02. The quantitative estimate of drug-likeness (QED) is 0.388. The van der Waals surface area contributed by atoms with Gasteiger partial charge < -0.3 is 15.6 Å². The number of hydrogen-bond donors (Lipinski definition) is 3. The number of para-hydroxylation sites is 1. The van der Waals surface area contributed by atoms with Gasteiger partial charge in [0.1, 0.15) is 0 Å². The van der Waals surface area contributed by atoms with E-state index in [4.69, 9.17) is 0 Å². The first kappa shape index (κ1) is 24.5. The van der Waals surface area contributed by atoms with Crippen molar-refractivity contribution >= 4 is 38.2 Å². The fraction of sp³-hybridized carbons (Fsp3) is 0.333. The van der Waals surface area contributed by atoms with Crippen LogP contribution >= 0.6 is 0 Å². The molecule has 0 fully saturated rings. The fourth-order valence-corrected chi connectivity index (χ4v) is 5.12. The third kappa shape index (κ3) is 5.43. The molecule has 0 saturated carbocycles. The summed E-state index contributed by atoms with van der Waals surface area (Å²) in [4.78, 5) is 28.1. The zero-order valence-electron chi connectivity index (χ0n) is 19.1. The van der Waals surface area contributed by atoms with Crippen LogP contribution in [-0.4, -0.2) is 43.2 Å². The third-order valence-electron chi connectivity index (χ3n) is 5.42. The highest BCUT2D eigenvalue weighted by molar-refractivity contribution is 7.89. The molecule has 0 saturated heterocycles. The minimum atomic E-state index is -3.71. The van der Waals surface area contributed by atoms with Gasteiger partial charge >= 0.3 is 0 Å². The molecule has 8 nitrogen and oxygen atoms in total. The van der Waals surface area contributed by atoms with Gasteiger partial charge in [-0.05, 0) is 30.7 Å². The monoisotopic (exact) mass is 470 g/mol. The molecule has 0 atom stereocenters. The Hall–Kier alpha value is -3.17. The maximum Gasteiger partial charge on any atom is 0.256 e. The summed E-state index contributed by atoms with van der Waals surface area (Å²) in [5, 5.41) is 6.69. The Morgan fingerprint density at radius 1 is 1.00 bits per heavy atom. The SMILES string of the molecule is CCCCNc1ccc(S(=O)(=O)N(CC)CC)cc1NC(=O)c1cc(=O)[nH]c2ccccc12. The molecular formula is C24H30N4O4S. The Kier molecular flexibility index (Phi) is 7.88. The zero-order chi connectivity index (χ0) is 24.0. The standard InChI is InChI=1S/C24H30N4O4S/c1-4-7-14-25-21-13-12-17(33(31,32)28(5-2)6-3)15-22(21)27-24(30)19-16-23(29)26-20-11-9-8-10-18(19)20/h8-13,15-16,25H,4-7,14H2,1-3H3,(H,26,29)(H,27,30). The van der Waals surface area contributed by atoms with Gasteiger partial charge in [0, 0.05) is 36.6 Å². The van der Waals surface area contributed by atoms with E-state index < -0.39 is 21.5 Å². The van der Waals surface area contributed by atoms with E-state index in [1.807, 2.05) is 0 Å². The predicted molar refractivity (Wildman–Crippen MR) is 132 cm³/mol. The average molecular weight is 471 g/mol. The van der Waals surface area contributed by atoms with Crippen LogP contribution in [-0.2, 0) is 10.0 Å². The third-order valence-corrected chi connectivity index (χ3v) is 7.47. The molecule has 0 radical (unpaired) electrons. The number of carbonyl (C=O) groups excluding carboxylic acids is 1. The highest BCUT2D eigenvalue weighted by Crippen LogP contribution is 2.28. The number of benzene rings is 2. The van der Waals surface area contributed by atoms with Crippen LogP contribution in [0.3, 0.4) is 0 Å². The van der Waals surface area contributed by atoms with Crippen molar-refractivity contribution in [2.75, 3.05) is 30.3 Å². The van der Waals surface area contributed by atoms with E-state index in [2.05, 4.69) is 22.5 Å². The van der Waals surface area contributed by atoms with Gasteiger partial charge in [-0.2, -0.15) is 4.31 Å². The molecule has 1 aromatic heterocycles. The Balaban J connectivity index is 2.04. The van der Waals surface area contributed by atoms with E-state index in [0.717, 1.165) is 12.8 Å². The number of sulfonamides is 1. The van der Waals surface area contributed by atoms with Crippen LogP contribution in [0.15, 0.2) is 58.2 Å². The van der Waals surface area contributed by atoms with Crippen LogP contribution < -0.4 is 16.2 Å². The Bertz CT molecular complexity index is 1300. The number of aromatic amines is 1. The van der Waals surface area contributed by atoms with Crippen LogP contribution in [0.2, 0.25) is 0 Å². The molecule has 9 heteroatoms. The number of aromatic nitrogens is 1. The number of fused-ring (bicyclic) bond motifs is 1. The van der Waals surface area contributed by atoms with Gasteiger partial charge in [-0.15, -0.1) is 0 Å². The second-order valence-electron chi connectivity index (χ2n) is 7.62. The highest BCUT2D eigenvalue weighted by Gasteiger charge is 2.23. The number of nitrogens with one attached hydrogen (secondary N) is 3. The minimum absolute atomic E-state index is 0.0957. The maximum atomic E-state index is 13.2. The van der Waals surface area contributed by atoms with Crippen molar-refractivity contribution < 1.29 is 13.2 Å². The van der Waals surface area contributed by atoms with Gasteiger partial charge in [-0.25, -0.2) is 8.42 Å². The van der Waals surface area contributed by atoms with E-state index in [-0.39, 0.29) is 10.5 Å². The van der Waals surface area contributed by atoms with Gasteiger partial charge in [0.05, 0.1) is 21.8 Å². The van der Waals surface area contributed by atoms with Crippen molar-refractivity contribution in [3.8, 4) is 0 Å². The molecule has 3 rings (SSSR count). The smallest absolute Gasteiger partial charge is 0.256 e. The summed E-state index contributed by atoms with van der Waals surface area (Å²) in [6.07, 6.45) is 1.91. The van der Waals surface area contributed by atoms with E-state index in [0.29, 0.717) is 41.9 Å². The molecular weight excluding hydrogens is 440 g/mol. The summed E-state index contributed by atoms with van der Waals surface area (Å²) in [7, 11) is -3.71. The van der Waals surface area contributed by atoms with Crippen molar-refractivity contribution in [1.29, 1.82) is 0 Å². The zero-order valence-corrected chi connectivity index (χ0v) is 20.0. The largest absolute Gasteiger partial charge is 0.383 e. The first-order chi connectivity index (χ1) is 15.8.